The molecule has 2 aromatic heterocycles. The molecule has 3 aromatic rings. The van der Waals surface area contributed by atoms with Crippen LogP contribution in [0.5, 0.6) is 0 Å². The van der Waals surface area contributed by atoms with E-state index < -0.39 is 0 Å². The molecule has 3 rings (SSSR count). The number of nitrogens with one attached hydrogen (secondary N) is 1. The number of benzene rings is 1. The Morgan fingerprint density at radius 1 is 1.32 bits per heavy atom. The molecule has 1 amide bonds. The zero-order valence-corrected chi connectivity index (χ0v) is 14.6. The van der Waals surface area contributed by atoms with Crippen molar-refractivity contribution in [2.75, 3.05) is 0 Å². The van der Waals surface area contributed by atoms with Gasteiger partial charge in [-0.05, 0) is 25.5 Å². The maximum atomic E-state index is 12.3. The first-order valence-electron chi connectivity index (χ1n) is 8.24. The van der Waals surface area contributed by atoms with Crippen LogP contribution in [0.25, 0.3) is 0 Å². The minimum atomic E-state index is -0.291. The van der Waals surface area contributed by atoms with Crippen molar-refractivity contribution in [2.24, 2.45) is 7.05 Å². The maximum absolute atomic E-state index is 12.3. The van der Waals surface area contributed by atoms with Gasteiger partial charge >= 0.3 is 0 Å². The Balaban J connectivity index is 1.71. The Labute approximate surface area is 146 Å². The van der Waals surface area contributed by atoms with E-state index >= 15 is 0 Å². The van der Waals surface area contributed by atoms with E-state index in [1.54, 1.807) is 18.3 Å². The SMILES string of the molecule is CCC(NC(=O)c1ccccc1)c1noc(Cc2cnn(C)c2C)n1. The third kappa shape index (κ3) is 3.76. The number of carbonyl (C=O) groups is 1. The number of hydrogen-bond donors (Lipinski definition) is 1. The lowest BCUT2D eigenvalue weighted by atomic mass is 10.1. The van der Waals surface area contributed by atoms with Crippen LogP contribution < -0.4 is 5.32 Å². The number of aromatic nitrogens is 4. The third-order valence-electron chi connectivity index (χ3n) is 4.22. The lowest BCUT2D eigenvalue weighted by Gasteiger charge is -2.13. The molecule has 2 heterocycles. The summed E-state index contributed by atoms with van der Waals surface area (Å²) in [7, 11) is 1.89. The van der Waals surface area contributed by atoms with Crippen molar-refractivity contribution in [1.82, 2.24) is 25.2 Å². The standard InChI is InChI=1S/C18H21N5O2/c1-4-15(20-18(24)13-8-6-5-7-9-13)17-21-16(25-22-17)10-14-11-19-23(3)12(14)2/h5-9,11,15H,4,10H2,1-3H3,(H,20,24). The number of carbonyl (C=O) groups excluding carboxylic acids is 1. The van der Waals surface area contributed by atoms with E-state index in [1.807, 2.05) is 43.8 Å². The highest BCUT2D eigenvalue weighted by Gasteiger charge is 2.20. The smallest absolute Gasteiger partial charge is 0.251 e. The van der Waals surface area contributed by atoms with Crippen molar-refractivity contribution in [3.63, 3.8) is 0 Å². The first-order valence-corrected chi connectivity index (χ1v) is 8.24. The summed E-state index contributed by atoms with van der Waals surface area (Å²) in [6.45, 7) is 3.96. The average Bonchev–Trinajstić information content (AvgIpc) is 3.22. The molecule has 0 aliphatic heterocycles. The number of rotatable bonds is 6. The molecule has 1 unspecified atom stereocenters. The predicted octanol–water partition coefficient (Wildman–Crippen LogP) is 2.58. The normalized spacial score (nSPS) is 12.1. The highest BCUT2D eigenvalue weighted by atomic mass is 16.5. The lowest BCUT2D eigenvalue weighted by molar-refractivity contribution is 0.0933. The van der Waals surface area contributed by atoms with Crippen LogP contribution in [0.4, 0.5) is 0 Å². The molecule has 0 spiro atoms. The number of hydrogen-bond acceptors (Lipinski definition) is 5. The van der Waals surface area contributed by atoms with Gasteiger partial charge in [0.1, 0.15) is 0 Å². The van der Waals surface area contributed by atoms with E-state index in [0.29, 0.717) is 30.1 Å². The van der Waals surface area contributed by atoms with Crippen molar-refractivity contribution >= 4 is 5.91 Å². The first kappa shape index (κ1) is 16.9. The number of aryl methyl sites for hydroxylation is 1. The number of amides is 1. The Hall–Kier alpha value is -2.96. The molecule has 7 nitrogen and oxygen atoms in total. The van der Waals surface area contributed by atoms with Gasteiger partial charge in [-0.1, -0.05) is 30.3 Å². The summed E-state index contributed by atoms with van der Waals surface area (Å²) in [5.74, 6) is 0.851. The molecule has 25 heavy (non-hydrogen) atoms. The maximum Gasteiger partial charge on any atom is 0.251 e. The van der Waals surface area contributed by atoms with E-state index in [0.717, 1.165) is 11.3 Å². The van der Waals surface area contributed by atoms with Crippen LogP contribution in [0, 0.1) is 6.92 Å². The van der Waals surface area contributed by atoms with Crippen molar-refractivity contribution < 1.29 is 9.32 Å². The second-order valence-corrected chi connectivity index (χ2v) is 5.90. The molecular weight excluding hydrogens is 318 g/mol. The van der Waals surface area contributed by atoms with Gasteiger partial charge in [0.15, 0.2) is 5.82 Å². The molecule has 1 atom stereocenters. The van der Waals surface area contributed by atoms with E-state index in [9.17, 15) is 4.79 Å². The van der Waals surface area contributed by atoms with Crippen LogP contribution in [0.3, 0.4) is 0 Å². The number of nitrogens with zero attached hydrogens (tertiary/aromatic N) is 4. The average molecular weight is 339 g/mol. The van der Waals surface area contributed by atoms with Crippen molar-refractivity contribution in [2.45, 2.75) is 32.7 Å². The van der Waals surface area contributed by atoms with Crippen molar-refractivity contribution in [3.8, 4) is 0 Å². The molecule has 0 radical (unpaired) electrons. The molecule has 0 saturated carbocycles. The Morgan fingerprint density at radius 3 is 2.72 bits per heavy atom. The summed E-state index contributed by atoms with van der Waals surface area (Å²) >= 11 is 0. The Kier molecular flexibility index (Phi) is 4.92. The van der Waals surface area contributed by atoms with Gasteiger partial charge in [0.25, 0.3) is 5.91 Å². The molecule has 7 heteroatoms. The van der Waals surface area contributed by atoms with Crippen LogP contribution >= 0.6 is 0 Å². The Morgan fingerprint density at radius 2 is 2.08 bits per heavy atom. The highest BCUT2D eigenvalue weighted by Crippen LogP contribution is 2.17. The molecule has 0 aliphatic carbocycles. The van der Waals surface area contributed by atoms with Crippen LogP contribution in [-0.2, 0) is 13.5 Å². The molecule has 0 saturated heterocycles. The molecule has 0 fully saturated rings. The van der Waals surface area contributed by atoms with Gasteiger partial charge in [0, 0.05) is 23.9 Å². The monoisotopic (exact) mass is 339 g/mol. The highest BCUT2D eigenvalue weighted by molar-refractivity contribution is 5.94. The summed E-state index contributed by atoms with van der Waals surface area (Å²) < 4.78 is 7.16. The fourth-order valence-corrected chi connectivity index (χ4v) is 2.54. The van der Waals surface area contributed by atoms with Crippen molar-refractivity contribution in [1.29, 1.82) is 0 Å². The van der Waals surface area contributed by atoms with Gasteiger partial charge in [-0.25, -0.2) is 0 Å². The summed E-state index contributed by atoms with van der Waals surface area (Å²) in [6, 6.07) is 8.79. The van der Waals surface area contributed by atoms with Crippen LogP contribution in [-0.4, -0.2) is 25.8 Å². The molecule has 130 valence electrons. The van der Waals surface area contributed by atoms with Crippen LogP contribution in [0.2, 0.25) is 0 Å². The fraction of sp³-hybridized carbons (Fsp3) is 0.333. The van der Waals surface area contributed by atoms with E-state index in [-0.39, 0.29) is 11.9 Å². The second-order valence-electron chi connectivity index (χ2n) is 5.90. The minimum absolute atomic E-state index is 0.151. The minimum Gasteiger partial charge on any atom is -0.342 e. The summed E-state index contributed by atoms with van der Waals surface area (Å²) in [6.07, 6.45) is 2.99. The summed E-state index contributed by atoms with van der Waals surface area (Å²) in [5.41, 5.74) is 2.71. The van der Waals surface area contributed by atoms with Gasteiger partial charge < -0.3 is 9.84 Å². The van der Waals surface area contributed by atoms with Gasteiger partial charge in [0.2, 0.25) is 5.89 Å². The van der Waals surface area contributed by atoms with Gasteiger partial charge in [-0.15, -0.1) is 0 Å². The molecule has 1 N–H and O–H groups in total. The zero-order valence-electron chi connectivity index (χ0n) is 14.6. The predicted molar refractivity (Wildman–Crippen MR) is 92.0 cm³/mol. The van der Waals surface area contributed by atoms with Gasteiger partial charge in [0.05, 0.1) is 18.7 Å². The van der Waals surface area contributed by atoms with Crippen LogP contribution in [0.1, 0.15) is 52.7 Å². The van der Waals surface area contributed by atoms with Crippen LogP contribution in [0.15, 0.2) is 41.1 Å². The van der Waals surface area contributed by atoms with Crippen molar-refractivity contribution in [3.05, 3.63) is 65.1 Å². The van der Waals surface area contributed by atoms with E-state index in [2.05, 4.69) is 20.6 Å². The molecular formula is C18H21N5O2. The first-order chi connectivity index (χ1) is 12.1. The van der Waals surface area contributed by atoms with E-state index in [4.69, 9.17) is 4.52 Å². The Bertz CT molecular complexity index is 853. The van der Waals surface area contributed by atoms with E-state index in [1.165, 1.54) is 0 Å². The summed E-state index contributed by atoms with van der Waals surface area (Å²) in [4.78, 5) is 16.8. The molecule has 0 aliphatic rings. The third-order valence-corrected chi connectivity index (χ3v) is 4.22. The topological polar surface area (TPSA) is 85.8 Å². The molecule has 0 bridgehead atoms. The largest absolute Gasteiger partial charge is 0.342 e. The van der Waals surface area contributed by atoms with Gasteiger partial charge in [-0.3, -0.25) is 9.48 Å². The fourth-order valence-electron chi connectivity index (χ4n) is 2.54. The lowest BCUT2D eigenvalue weighted by Crippen LogP contribution is -2.28. The zero-order chi connectivity index (χ0) is 17.8. The summed E-state index contributed by atoms with van der Waals surface area (Å²) in [5, 5.41) is 11.2. The second kappa shape index (κ2) is 7.29. The molecule has 1 aromatic carbocycles. The quantitative estimate of drug-likeness (QED) is 0.746. The van der Waals surface area contributed by atoms with Gasteiger partial charge in [-0.2, -0.15) is 10.1 Å².